The van der Waals surface area contributed by atoms with Gasteiger partial charge < -0.3 is 13.9 Å². The number of rotatable bonds is 4. The first-order valence-corrected chi connectivity index (χ1v) is 12.9. The van der Waals surface area contributed by atoms with Crippen molar-refractivity contribution in [2.24, 2.45) is 5.41 Å². The highest BCUT2D eigenvalue weighted by Crippen LogP contribution is 2.44. The smallest absolute Gasteiger partial charge is 0.254 e. The number of fused-ring (bicyclic) bond motifs is 1. The highest BCUT2D eigenvalue weighted by Gasteiger charge is 2.46. The zero-order valence-electron chi connectivity index (χ0n) is 19.0. The van der Waals surface area contributed by atoms with Crippen LogP contribution in [0.5, 0.6) is 11.5 Å². The van der Waals surface area contributed by atoms with Crippen molar-refractivity contribution < 1.29 is 13.9 Å². The van der Waals surface area contributed by atoms with E-state index in [1.54, 1.807) is 30.3 Å². The van der Waals surface area contributed by atoms with Crippen LogP contribution in [0.4, 0.5) is 0 Å². The normalized spacial score (nSPS) is 14.5. The van der Waals surface area contributed by atoms with Crippen molar-refractivity contribution >= 4 is 19.3 Å². The van der Waals surface area contributed by atoms with Gasteiger partial charge in [0.2, 0.25) is 0 Å². The topological polar surface area (TPSA) is 59.7 Å². The second-order valence-corrected chi connectivity index (χ2v) is 15.0. The second-order valence-electron chi connectivity index (χ2n) is 10.5. The summed E-state index contributed by atoms with van der Waals surface area (Å²) in [5.74, 6) is 0.906. The Balaban J connectivity index is 2.00. The minimum absolute atomic E-state index is 0.0544. The van der Waals surface area contributed by atoms with E-state index in [1.807, 2.05) is 12.1 Å². The molecular formula is C25H32O4Si. The van der Waals surface area contributed by atoms with Crippen molar-refractivity contribution in [3.8, 4) is 22.6 Å². The zero-order chi connectivity index (χ0) is 22.3. The minimum Gasteiger partial charge on any atom is -0.543 e. The first-order valence-electron chi connectivity index (χ1n) is 10.3. The molecule has 3 aromatic rings. The molecule has 1 atom stereocenters. The van der Waals surface area contributed by atoms with Crippen LogP contribution in [0.3, 0.4) is 0 Å². The minimum atomic E-state index is -2.14. The summed E-state index contributed by atoms with van der Waals surface area (Å²) in [6, 6.07) is 13.0. The van der Waals surface area contributed by atoms with Crippen LogP contribution in [0.25, 0.3) is 22.1 Å². The summed E-state index contributed by atoms with van der Waals surface area (Å²) in [4.78, 5) is 13.0. The summed E-state index contributed by atoms with van der Waals surface area (Å²) in [6.45, 7) is 15.8. The fraction of sp³-hybridized carbons (Fsp3) is 0.400. The summed E-state index contributed by atoms with van der Waals surface area (Å²) in [7, 11) is -2.14. The van der Waals surface area contributed by atoms with E-state index in [-0.39, 0.29) is 21.6 Å². The van der Waals surface area contributed by atoms with Crippen LogP contribution in [-0.4, -0.2) is 13.4 Å². The Labute approximate surface area is 179 Å². The number of benzene rings is 2. The van der Waals surface area contributed by atoms with Crippen LogP contribution in [0.1, 0.15) is 41.5 Å². The molecular weight excluding hydrogens is 392 g/mol. The van der Waals surface area contributed by atoms with Crippen LogP contribution in [0.15, 0.2) is 57.9 Å². The van der Waals surface area contributed by atoms with Crippen molar-refractivity contribution in [3.63, 3.8) is 0 Å². The van der Waals surface area contributed by atoms with Gasteiger partial charge in [0, 0.05) is 6.07 Å². The third kappa shape index (κ3) is 4.62. The molecule has 0 spiro atoms. The van der Waals surface area contributed by atoms with Gasteiger partial charge in [-0.05, 0) is 52.9 Å². The number of phenolic OH excluding ortho intramolecular Hbond substituents is 1. The summed E-state index contributed by atoms with van der Waals surface area (Å²) in [5, 5.41) is 10.1. The molecule has 4 nitrogen and oxygen atoms in total. The maximum absolute atomic E-state index is 13.0. The molecule has 30 heavy (non-hydrogen) atoms. The molecule has 1 N–H and O–H groups in total. The Morgan fingerprint density at radius 2 is 1.63 bits per heavy atom. The van der Waals surface area contributed by atoms with Gasteiger partial charge in [0.1, 0.15) is 23.3 Å². The lowest BCUT2D eigenvalue weighted by atomic mass is 10.0. The number of phenols is 1. The monoisotopic (exact) mass is 424 g/mol. The van der Waals surface area contributed by atoms with Gasteiger partial charge in [-0.3, -0.25) is 4.79 Å². The molecule has 0 saturated heterocycles. The Kier molecular flexibility index (Phi) is 5.63. The Morgan fingerprint density at radius 3 is 2.20 bits per heavy atom. The molecule has 0 bridgehead atoms. The van der Waals surface area contributed by atoms with Gasteiger partial charge in [0.15, 0.2) is 5.43 Å². The van der Waals surface area contributed by atoms with Crippen LogP contribution in [0.2, 0.25) is 17.6 Å². The molecule has 5 heteroatoms. The maximum Gasteiger partial charge on any atom is 0.254 e. The van der Waals surface area contributed by atoms with Gasteiger partial charge >= 0.3 is 0 Å². The zero-order valence-corrected chi connectivity index (χ0v) is 20.0. The lowest BCUT2D eigenvalue weighted by Crippen LogP contribution is -2.49. The van der Waals surface area contributed by atoms with Gasteiger partial charge in [0.25, 0.3) is 8.32 Å². The maximum atomic E-state index is 13.0. The van der Waals surface area contributed by atoms with Crippen molar-refractivity contribution in [1.29, 1.82) is 0 Å². The van der Waals surface area contributed by atoms with Crippen LogP contribution in [0, 0.1) is 5.41 Å². The third-order valence-electron chi connectivity index (χ3n) is 5.72. The van der Waals surface area contributed by atoms with Gasteiger partial charge in [-0.1, -0.05) is 53.7 Å². The molecule has 1 unspecified atom stereocenters. The predicted molar refractivity (Wildman–Crippen MR) is 126 cm³/mol. The van der Waals surface area contributed by atoms with E-state index in [0.717, 1.165) is 11.8 Å². The van der Waals surface area contributed by atoms with Gasteiger partial charge in [-0.25, -0.2) is 0 Å². The molecule has 2 aromatic carbocycles. The number of aromatic hydroxyl groups is 1. The SMILES string of the molecule is CC(C)(C)C[Si](C)(Oc1ccc2c(=O)c(-c3ccc(O)cc3)coc2c1)C(C)(C)C. The largest absolute Gasteiger partial charge is 0.543 e. The lowest BCUT2D eigenvalue weighted by molar-refractivity contribution is 0.400. The van der Waals surface area contributed by atoms with Crippen molar-refractivity contribution in [1.82, 2.24) is 0 Å². The average molecular weight is 425 g/mol. The van der Waals surface area contributed by atoms with Gasteiger partial charge in [0.05, 0.1) is 10.9 Å². The molecule has 0 saturated carbocycles. The molecule has 1 aromatic heterocycles. The fourth-order valence-electron chi connectivity index (χ4n) is 3.74. The van der Waals surface area contributed by atoms with E-state index >= 15 is 0 Å². The van der Waals surface area contributed by atoms with E-state index in [0.29, 0.717) is 22.1 Å². The third-order valence-corrected chi connectivity index (χ3v) is 11.3. The van der Waals surface area contributed by atoms with E-state index in [1.165, 1.54) is 6.26 Å². The Bertz CT molecular complexity index is 1100. The molecule has 0 aliphatic rings. The van der Waals surface area contributed by atoms with Gasteiger partial charge in [-0.15, -0.1) is 0 Å². The number of hydrogen-bond donors (Lipinski definition) is 1. The van der Waals surface area contributed by atoms with Crippen molar-refractivity contribution in [2.45, 2.75) is 59.2 Å². The van der Waals surface area contributed by atoms with Crippen LogP contribution >= 0.6 is 0 Å². The predicted octanol–water partition coefficient (Wildman–Crippen LogP) is 6.97. The molecule has 0 aliphatic heterocycles. The second kappa shape index (κ2) is 7.62. The highest BCUT2D eigenvalue weighted by atomic mass is 28.4. The molecule has 160 valence electrons. The highest BCUT2D eigenvalue weighted by molar-refractivity contribution is 6.76. The van der Waals surface area contributed by atoms with E-state index < -0.39 is 8.32 Å². The first-order chi connectivity index (χ1) is 13.8. The van der Waals surface area contributed by atoms with Gasteiger partial charge in [-0.2, -0.15) is 0 Å². The Hall–Kier alpha value is -2.53. The van der Waals surface area contributed by atoms with E-state index in [2.05, 4.69) is 48.1 Å². The standard InChI is InChI=1S/C25H32O4Si/c1-24(2,3)16-30(7,25(4,5)6)29-19-12-13-20-22(14-19)28-15-21(23(20)27)17-8-10-18(26)11-9-17/h8-15,26H,16H2,1-7H3. The summed E-state index contributed by atoms with van der Waals surface area (Å²) in [6.07, 6.45) is 1.48. The summed E-state index contributed by atoms with van der Waals surface area (Å²) < 4.78 is 12.5. The average Bonchev–Trinajstić information content (AvgIpc) is 2.60. The molecule has 1 heterocycles. The molecule has 0 amide bonds. The molecule has 0 aliphatic carbocycles. The van der Waals surface area contributed by atoms with Crippen molar-refractivity contribution in [2.75, 3.05) is 0 Å². The van der Waals surface area contributed by atoms with Crippen LogP contribution in [-0.2, 0) is 0 Å². The van der Waals surface area contributed by atoms with Crippen molar-refractivity contribution in [3.05, 3.63) is 59.0 Å². The molecule has 0 radical (unpaired) electrons. The molecule has 3 rings (SSSR count). The number of hydrogen-bond acceptors (Lipinski definition) is 4. The summed E-state index contributed by atoms with van der Waals surface area (Å²) in [5.41, 5.74) is 1.76. The summed E-state index contributed by atoms with van der Waals surface area (Å²) >= 11 is 0. The lowest BCUT2D eigenvalue weighted by Gasteiger charge is -2.43. The quantitative estimate of drug-likeness (QED) is 0.460. The van der Waals surface area contributed by atoms with Crippen LogP contribution < -0.4 is 9.85 Å². The first kappa shape index (κ1) is 22.2. The van der Waals surface area contributed by atoms with E-state index in [9.17, 15) is 9.90 Å². The fourth-order valence-corrected chi connectivity index (χ4v) is 7.32. The van der Waals surface area contributed by atoms with E-state index in [4.69, 9.17) is 8.84 Å². The Morgan fingerprint density at radius 1 is 1.00 bits per heavy atom. The molecule has 0 fully saturated rings.